The number of nitrogens with one attached hydrogen (secondary N) is 1. The van der Waals surface area contributed by atoms with Crippen molar-refractivity contribution in [3.05, 3.63) is 29.8 Å². The number of anilines is 1. The lowest BCUT2D eigenvalue weighted by molar-refractivity contribution is -0.116. The molecule has 0 atom stereocenters. The fraction of sp³-hybridized carbons (Fsp3) is 0.364. The SMILES string of the molecule is CCCC(=O)Nc1cccc(C)c1. The zero-order valence-corrected chi connectivity index (χ0v) is 8.13. The highest BCUT2D eigenvalue weighted by molar-refractivity contribution is 5.90. The van der Waals surface area contributed by atoms with Crippen molar-refractivity contribution in [3.63, 3.8) is 0 Å². The summed E-state index contributed by atoms with van der Waals surface area (Å²) in [5.41, 5.74) is 2.05. The van der Waals surface area contributed by atoms with E-state index >= 15 is 0 Å². The summed E-state index contributed by atoms with van der Waals surface area (Å²) in [6, 6.07) is 7.82. The Morgan fingerprint density at radius 2 is 2.23 bits per heavy atom. The monoisotopic (exact) mass is 177 g/mol. The van der Waals surface area contributed by atoms with Gasteiger partial charge in [0, 0.05) is 12.1 Å². The van der Waals surface area contributed by atoms with Gasteiger partial charge in [-0.05, 0) is 31.0 Å². The van der Waals surface area contributed by atoms with Crippen LogP contribution in [0.3, 0.4) is 0 Å². The van der Waals surface area contributed by atoms with Gasteiger partial charge in [-0.25, -0.2) is 0 Å². The van der Waals surface area contributed by atoms with Crippen molar-refractivity contribution < 1.29 is 4.79 Å². The summed E-state index contributed by atoms with van der Waals surface area (Å²) >= 11 is 0. The first-order chi connectivity index (χ1) is 6.22. The summed E-state index contributed by atoms with van der Waals surface area (Å²) in [7, 11) is 0. The Morgan fingerprint density at radius 3 is 2.85 bits per heavy atom. The van der Waals surface area contributed by atoms with Crippen LogP contribution in [0.1, 0.15) is 25.3 Å². The van der Waals surface area contributed by atoms with E-state index in [0.29, 0.717) is 6.42 Å². The Hall–Kier alpha value is -1.31. The van der Waals surface area contributed by atoms with Crippen molar-refractivity contribution in [2.75, 3.05) is 5.32 Å². The molecule has 0 saturated carbocycles. The van der Waals surface area contributed by atoms with Crippen molar-refractivity contribution in [2.45, 2.75) is 26.7 Å². The van der Waals surface area contributed by atoms with Gasteiger partial charge < -0.3 is 5.32 Å². The molecule has 0 aliphatic carbocycles. The standard InChI is InChI=1S/C11H15NO/c1-3-5-11(13)12-10-7-4-6-9(2)8-10/h4,6-8H,3,5H2,1-2H3,(H,12,13). The van der Waals surface area contributed by atoms with Crippen LogP contribution < -0.4 is 5.32 Å². The molecule has 1 aromatic carbocycles. The molecule has 0 fully saturated rings. The normalized spacial score (nSPS) is 9.69. The number of aryl methyl sites for hydroxylation is 1. The van der Waals surface area contributed by atoms with Gasteiger partial charge in [0.2, 0.25) is 5.91 Å². The van der Waals surface area contributed by atoms with Gasteiger partial charge in [0.05, 0.1) is 0 Å². The van der Waals surface area contributed by atoms with E-state index < -0.39 is 0 Å². The fourth-order valence-corrected chi connectivity index (χ4v) is 1.17. The van der Waals surface area contributed by atoms with Gasteiger partial charge in [-0.1, -0.05) is 19.1 Å². The maximum Gasteiger partial charge on any atom is 0.224 e. The molecule has 1 aromatic rings. The van der Waals surface area contributed by atoms with Crippen molar-refractivity contribution in [1.29, 1.82) is 0 Å². The van der Waals surface area contributed by atoms with Crippen LogP contribution in [0.15, 0.2) is 24.3 Å². The van der Waals surface area contributed by atoms with Gasteiger partial charge >= 0.3 is 0 Å². The number of carbonyl (C=O) groups is 1. The zero-order valence-electron chi connectivity index (χ0n) is 8.13. The number of carbonyl (C=O) groups excluding carboxylic acids is 1. The van der Waals surface area contributed by atoms with Crippen molar-refractivity contribution >= 4 is 11.6 Å². The fourth-order valence-electron chi connectivity index (χ4n) is 1.17. The molecule has 1 rings (SSSR count). The van der Waals surface area contributed by atoms with E-state index in [1.165, 1.54) is 0 Å². The molecule has 0 aromatic heterocycles. The van der Waals surface area contributed by atoms with E-state index in [9.17, 15) is 4.79 Å². The molecule has 0 aliphatic heterocycles. The van der Waals surface area contributed by atoms with Crippen molar-refractivity contribution in [1.82, 2.24) is 0 Å². The van der Waals surface area contributed by atoms with E-state index in [-0.39, 0.29) is 5.91 Å². The molecule has 0 unspecified atom stereocenters. The molecule has 0 saturated heterocycles. The van der Waals surface area contributed by atoms with E-state index in [1.54, 1.807) is 0 Å². The summed E-state index contributed by atoms with van der Waals surface area (Å²) in [5.74, 6) is 0.0908. The predicted octanol–water partition coefficient (Wildman–Crippen LogP) is 2.73. The lowest BCUT2D eigenvalue weighted by Gasteiger charge is -2.04. The average molecular weight is 177 g/mol. The number of rotatable bonds is 3. The summed E-state index contributed by atoms with van der Waals surface area (Å²) in [5, 5.41) is 2.84. The summed E-state index contributed by atoms with van der Waals surface area (Å²) in [6.45, 7) is 4.01. The van der Waals surface area contributed by atoms with Crippen LogP contribution in [0.5, 0.6) is 0 Å². The first-order valence-corrected chi connectivity index (χ1v) is 4.59. The summed E-state index contributed by atoms with van der Waals surface area (Å²) < 4.78 is 0. The van der Waals surface area contributed by atoms with Crippen LogP contribution in [0, 0.1) is 6.92 Å². The minimum atomic E-state index is 0.0908. The first-order valence-electron chi connectivity index (χ1n) is 4.59. The summed E-state index contributed by atoms with van der Waals surface area (Å²) in [4.78, 5) is 11.2. The molecular weight excluding hydrogens is 162 g/mol. The van der Waals surface area contributed by atoms with Crippen LogP contribution in [-0.2, 0) is 4.79 Å². The number of hydrogen-bond acceptors (Lipinski definition) is 1. The first kappa shape index (κ1) is 9.78. The predicted molar refractivity (Wildman–Crippen MR) is 54.7 cm³/mol. The largest absolute Gasteiger partial charge is 0.326 e. The van der Waals surface area contributed by atoms with Gasteiger partial charge in [0.1, 0.15) is 0 Å². The molecule has 1 N–H and O–H groups in total. The van der Waals surface area contributed by atoms with E-state index in [4.69, 9.17) is 0 Å². The molecule has 0 radical (unpaired) electrons. The number of amides is 1. The Bertz CT molecular complexity index is 294. The van der Waals surface area contributed by atoms with Gasteiger partial charge in [-0.2, -0.15) is 0 Å². The Labute approximate surface area is 79.0 Å². The van der Waals surface area contributed by atoms with Gasteiger partial charge in [0.25, 0.3) is 0 Å². The molecule has 0 spiro atoms. The van der Waals surface area contributed by atoms with Crippen LogP contribution in [0.2, 0.25) is 0 Å². The lowest BCUT2D eigenvalue weighted by atomic mass is 10.2. The summed E-state index contributed by atoms with van der Waals surface area (Å²) in [6.07, 6.45) is 1.48. The Balaban J connectivity index is 2.58. The van der Waals surface area contributed by atoms with E-state index in [0.717, 1.165) is 17.7 Å². The number of benzene rings is 1. The van der Waals surface area contributed by atoms with Crippen LogP contribution in [0.4, 0.5) is 5.69 Å². The highest BCUT2D eigenvalue weighted by Gasteiger charge is 1.99. The quantitative estimate of drug-likeness (QED) is 0.755. The second-order valence-corrected chi connectivity index (χ2v) is 3.17. The highest BCUT2D eigenvalue weighted by Crippen LogP contribution is 2.09. The molecule has 0 aliphatic rings. The molecular formula is C11H15NO. The van der Waals surface area contributed by atoms with Gasteiger partial charge in [0.15, 0.2) is 0 Å². The minimum absolute atomic E-state index is 0.0908. The Kier molecular flexibility index (Phi) is 3.50. The number of hydrogen-bond donors (Lipinski definition) is 1. The zero-order chi connectivity index (χ0) is 9.68. The molecule has 0 heterocycles. The third kappa shape index (κ3) is 3.28. The molecule has 70 valence electrons. The minimum Gasteiger partial charge on any atom is -0.326 e. The third-order valence-corrected chi connectivity index (χ3v) is 1.78. The van der Waals surface area contributed by atoms with Crippen molar-refractivity contribution in [2.24, 2.45) is 0 Å². The van der Waals surface area contributed by atoms with Gasteiger partial charge in [-0.3, -0.25) is 4.79 Å². The smallest absolute Gasteiger partial charge is 0.224 e. The second-order valence-electron chi connectivity index (χ2n) is 3.17. The molecule has 1 amide bonds. The second kappa shape index (κ2) is 4.65. The lowest BCUT2D eigenvalue weighted by Crippen LogP contribution is -2.10. The van der Waals surface area contributed by atoms with Crippen LogP contribution in [-0.4, -0.2) is 5.91 Å². The highest BCUT2D eigenvalue weighted by atomic mass is 16.1. The molecule has 13 heavy (non-hydrogen) atoms. The topological polar surface area (TPSA) is 29.1 Å². The van der Waals surface area contributed by atoms with Gasteiger partial charge in [-0.15, -0.1) is 0 Å². The van der Waals surface area contributed by atoms with Crippen molar-refractivity contribution in [3.8, 4) is 0 Å². The van der Waals surface area contributed by atoms with E-state index in [1.807, 2.05) is 38.1 Å². The maximum absolute atomic E-state index is 11.2. The molecule has 2 nitrogen and oxygen atoms in total. The molecule has 2 heteroatoms. The molecule has 0 bridgehead atoms. The Morgan fingerprint density at radius 1 is 1.46 bits per heavy atom. The van der Waals surface area contributed by atoms with E-state index in [2.05, 4.69) is 5.32 Å². The van der Waals surface area contributed by atoms with Crippen LogP contribution >= 0.6 is 0 Å². The third-order valence-electron chi connectivity index (χ3n) is 1.78. The van der Waals surface area contributed by atoms with Crippen LogP contribution in [0.25, 0.3) is 0 Å². The average Bonchev–Trinajstić information content (AvgIpc) is 2.04. The maximum atomic E-state index is 11.2.